The van der Waals surface area contributed by atoms with Gasteiger partial charge in [-0.25, -0.2) is 39.7 Å². The fourth-order valence-corrected chi connectivity index (χ4v) is 14.4. The third kappa shape index (κ3) is 16.3. The minimum atomic E-state index is -1.63. The molecule has 8 bridgehead atoms. The molecule has 26 nitrogen and oxygen atoms in total. The second kappa shape index (κ2) is 29.1. The maximum atomic E-state index is 14.5. The van der Waals surface area contributed by atoms with Crippen LogP contribution >= 0.6 is 68.0 Å². The van der Waals surface area contributed by atoms with Gasteiger partial charge in [0.15, 0.2) is 0 Å². The zero-order valence-electron chi connectivity index (χ0n) is 49.1. The van der Waals surface area contributed by atoms with E-state index in [1.54, 1.807) is 43.7 Å². The lowest BCUT2D eigenvalue weighted by atomic mass is 9.99. The summed E-state index contributed by atoms with van der Waals surface area (Å²) in [6, 6.07) is -0.361. The Morgan fingerprint density at radius 2 is 1.28 bits per heavy atom. The van der Waals surface area contributed by atoms with Crippen molar-refractivity contribution in [1.29, 1.82) is 0 Å². The van der Waals surface area contributed by atoms with Gasteiger partial charge in [0.1, 0.15) is 106 Å². The number of ketones is 1. The number of Topliss-reactive ketones (excluding diaryl/α,β-unsaturated/α-hetero) is 1. The van der Waals surface area contributed by atoms with Gasteiger partial charge in [-0.3, -0.25) is 33.6 Å². The molecule has 2 aliphatic heterocycles. The number of aliphatic hydroxyl groups excluding tert-OH is 1. The topological polar surface area (TPSA) is 364 Å². The highest BCUT2D eigenvalue weighted by molar-refractivity contribution is 7.15. The molecule has 468 valence electrons. The van der Waals surface area contributed by atoms with Gasteiger partial charge < -0.3 is 57.1 Å². The molecule has 0 aromatic carbocycles. The van der Waals surface area contributed by atoms with Crippen molar-refractivity contribution in [2.24, 2.45) is 0 Å². The smallest absolute Gasteiger partial charge is 0.407 e. The molecule has 89 heavy (non-hydrogen) atoms. The second-order valence-corrected chi connectivity index (χ2v) is 26.3. The first-order valence-corrected chi connectivity index (χ1v) is 33.3. The number of fused-ring (bicyclic) bond motifs is 11. The molecule has 0 spiro atoms. The van der Waals surface area contributed by atoms with E-state index in [9.17, 15) is 48.6 Å². The van der Waals surface area contributed by atoms with Crippen LogP contribution in [0, 0.1) is 0 Å². The van der Waals surface area contributed by atoms with Crippen molar-refractivity contribution >= 4 is 121 Å². The molecule has 5 atom stereocenters. The first-order chi connectivity index (χ1) is 42.6. The minimum Gasteiger partial charge on any atom is -0.444 e. The number of hydrogen-bond acceptors (Lipinski definition) is 25. The van der Waals surface area contributed by atoms with Crippen molar-refractivity contribution in [2.45, 2.75) is 110 Å². The summed E-state index contributed by atoms with van der Waals surface area (Å²) in [6.07, 6.45) is 4.21. The summed E-state index contributed by atoms with van der Waals surface area (Å²) in [5.41, 5.74) is -0.0541. The molecular formula is C57H63N15O11S6. The van der Waals surface area contributed by atoms with E-state index in [4.69, 9.17) is 19.7 Å². The Hall–Kier alpha value is -7.95. The normalized spacial score (nSPS) is 18.5. The highest BCUT2D eigenvalue weighted by atomic mass is 32.1. The summed E-state index contributed by atoms with van der Waals surface area (Å²) in [5.74, 6) is -4.57. The Kier molecular flexibility index (Phi) is 21.4. The Labute approximate surface area is 534 Å². The molecule has 9 rings (SSSR count). The molecule has 0 radical (unpaired) electrons. The second-order valence-electron chi connectivity index (χ2n) is 21.1. The lowest BCUT2D eigenvalue weighted by Gasteiger charge is -2.28. The van der Waals surface area contributed by atoms with Crippen LogP contribution in [0.5, 0.6) is 0 Å². The molecule has 7 aromatic rings. The maximum Gasteiger partial charge on any atom is 0.407 e. The van der Waals surface area contributed by atoms with Gasteiger partial charge in [-0.1, -0.05) is 25.0 Å². The molecule has 9 N–H and O–H groups in total. The third-order valence-corrected chi connectivity index (χ3v) is 19.2. The number of rotatable bonds is 14. The fourth-order valence-electron chi connectivity index (χ4n) is 9.12. The van der Waals surface area contributed by atoms with Crippen LogP contribution < -0.4 is 37.2 Å². The van der Waals surface area contributed by atoms with Crippen LogP contribution in [0.3, 0.4) is 0 Å². The van der Waals surface area contributed by atoms with Crippen molar-refractivity contribution in [2.75, 3.05) is 32.7 Å². The van der Waals surface area contributed by atoms with Gasteiger partial charge in [0, 0.05) is 50.9 Å². The number of alkyl carbamates (subject to hydrolysis) is 1. The number of carbonyl (C=O) groups excluding carboxylic acids is 8. The number of ether oxygens (including phenoxy) is 1. The number of carbonyl (C=O) groups is 8. The molecule has 2 aliphatic rings. The van der Waals surface area contributed by atoms with Gasteiger partial charge in [0.05, 0.1) is 29.6 Å². The number of nitrogens with zero attached hydrogens (tertiary/aromatic N) is 8. The van der Waals surface area contributed by atoms with Gasteiger partial charge in [-0.2, -0.15) is 0 Å². The standard InChI is InChI=1S/C57H63N15O11S6/c1-8-31(44(75)59-20-27(3)73)61-45(76)35-23-86-53(66-35)39-26-87-52(68-39)33-15-14-30-42(60-33)34-21-88-54(63-34)41(29(5)83-56(81)58-16-19-72-17-12-10-11-13-18-72)70-47(78)37-25-89-55(67-37)43(57(6,7)82)71-48(79)38-24-85-51(65-38)32(9-2)62-49(80)40(28(4)74)69-46(77)36-22-84-50(30)64-36/h8-9,14-15,21-26,28-29,40-41,43,74,82H,10-13,16-20H2,1-7H3,(H,58,81)(H,59,75)(H,61,76)(H,62,80)(H,69,77)(H,70,78)(H,71,79)/b31-8-,32-9-. The van der Waals surface area contributed by atoms with Gasteiger partial charge >= 0.3 is 6.09 Å². The van der Waals surface area contributed by atoms with E-state index in [1.807, 2.05) is 0 Å². The lowest BCUT2D eigenvalue weighted by Crippen LogP contribution is -2.52. The maximum absolute atomic E-state index is 14.5. The predicted octanol–water partition coefficient (Wildman–Crippen LogP) is 6.50. The summed E-state index contributed by atoms with van der Waals surface area (Å²) < 4.78 is 5.99. The number of allylic oxidation sites excluding steroid dienone is 2. The summed E-state index contributed by atoms with van der Waals surface area (Å²) in [5, 5.41) is 52.4. The Balaban J connectivity index is 1.09. The van der Waals surface area contributed by atoms with Crippen molar-refractivity contribution in [3.8, 4) is 43.4 Å². The summed E-state index contributed by atoms with van der Waals surface area (Å²) in [7, 11) is 0. The van der Waals surface area contributed by atoms with E-state index in [0.717, 1.165) is 95.5 Å². The van der Waals surface area contributed by atoms with E-state index in [2.05, 4.69) is 62.1 Å². The number of amides is 7. The number of thiazole rings is 6. The van der Waals surface area contributed by atoms with E-state index < -0.39 is 77.5 Å². The molecule has 9 heterocycles. The highest BCUT2D eigenvalue weighted by Crippen LogP contribution is 2.39. The van der Waals surface area contributed by atoms with E-state index >= 15 is 0 Å². The van der Waals surface area contributed by atoms with Crippen molar-refractivity contribution < 1.29 is 53.3 Å². The number of aromatic nitrogens is 7. The SMILES string of the molecule is C/C=C(\NC(=O)c1csc(-c2csc(-c3ccc4c(n3)-c3csc(n3)C(C(C)OC(=O)NCCN3CCCCCC3)NC(=O)c3csc(n3)C(C(C)(C)O)NC(=O)c3csc(n3)/C(=C/C)NC(=O)C(C(C)O)NC(=O)c3csc-4n3)n2)n1)C(=O)NCC(C)=O. The Morgan fingerprint density at radius 3 is 1.97 bits per heavy atom. The number of aliphatic hydroxyl groups is 2. The number of pyridine rings is 1. The van der Waals surface area contributed by atoms with E-state index in [1.165, 1.54) is 72.7 Å². The summed E-state index contributed by atoms with van der Waals surface area (Å²) in [6.45, 7) is 13.0. The highest BCUT2D eigenvalue weighted by Gasteiger charge is 2.36. The number of nitrogens with one attached hydrogen (secondary N) is 7. The van der Waals surface area contributed by atoms with Gasteiger partial charge in [-0.05, 0) is 86.5 Å². The molecule has 0 saturated carbocycles. The zero-order chi connectivity index (χ0) is 63.7. The quantitative estimate of drug-likeness (QED) is 0.0524. The monoisotopic (exact) mass is 1330 g/mol. The molecule has 5 unspecified atom stereocenters. The van der Waals surface area contributed by atoms with Crippen molar-refractivity contribution in [3.63, 3.8) is 0 Å². The average Bonchev–Trinajstić information content (AvgIpc) is 1.79. The van der Waals surface area contributed by atoms with Crippen LogP contribution in [-0.2, 0) is 19.1 Å². The summed E-state index contributed by atoms with van der Waals surface area (Å²) in [4.78, 5) is 143. The first-order valence-electron chi connectivity index (χ1n) is 28.1. The molecular weight excluding hydrogens is 1260 g/mol. The van der Waals surface area contributed by atoms with Gasteiger partial charge in [-0.15, -0.1) is 68.0 Å². The molecule has 7 aromatic heterocycles. The molecule has 0 aliphatic carbocycles. The fraction of sp³-hybridized carbons (Fsp3) is 0.386. The van der Waals surface area contributed by atoms with E-state index in [0.29, 0.717) is 45.1 Å². The zero-order valence-corrected chi connectivity index (χ0v) is 54.0. The molecule has 32 heteroatoms. The van der Waals surface area contributed by atoms with Crippen molar-refractivity contribution in [1.82, 2.24) is 77.0 Å². The van der Waals surface area contributed by atoms with Crippen LogP contribution in [0.4, 0.5) is 4.79 Å². The molecule has 1 fully saturated rings. The number of likely N-dealkylation sites (tertiary alicyclic amines) is 1. The molecule has 7 amide bonds. The lowest BCUT2D eigenvalue weighted by molar-refractivity contribution is -0.124. The number of hydrogen-bond donors (Lipinski definition) is 9. The van der Waals surface area contributed by atoms with Crippen LogP contribution in [0.25, 0.3) is 49.1 Å². The van der Waals surface area contributed by atoms with Crippen LogP contribution in [0.1, 0.15) is 143 Å². The Morgan fingerprint density at radius 1 is 0.697 bits per heavy atom. The van der Waals surface area contributed by atoms with Crippen LogP contribution in [0.15, 0.2) is 62.3 Å². The molecule has 1 saturated heterocycles. The van der Waals surface area contributed by atoms with Gasteiger partial charge in [0.2, 0.25) is 5.91 Å². The average molecular weight is 1330 g/mol. The van der Waals surface area contributed by atoms with Crippen molar-refractivity contribution in [3.05, 3.63) is 100 Å². The van der Waals surface area contributed by atoms with Crippen LogP contribution in [-0.4, -0.2) is 154 Å². The Bertz CT molecular complexity index is 3850. The summed E-state index contributed by atoms with van der Waals surface area (Å²) >= 11 is 6.63. The first kappa shape index (κ1) is 65.5. The van der Waals surface area contributed by atoms with Crippen LogP contribution in [0.2, 0.25) is 0 Å². The van der Waals surface area contributed by atoms with Gasteiger partial charge in [0.25, 0.3) is 29.5 Å². The van der Waals surface area contributed by atoms with E-state index in [-0.39, 0.29) is 72.9 Å². The predicted molar refractivity (Wildman–Crippen MR) is 338 cm³/mol. The minimum absolute atomic E-state index is 0.0141. The largest absolute Gasteiger partial charge is 0.444 e. The third-order valence-electron chi connectivity index (χ3n) is 13.8.